The summed E-state index contributed by atoms with van der Waals surface area (Å²) in [5, 5.41) is 13.6. The van der Waals surface area contributed by atoms with Crippen LogP contribution in [-0.2, 0) is 0 Å². The smallest absolute Gasteiger partial charge is 0.104 e. The number of hydrogen-bond acceptors (Lipinski definition) is 2. The van der Waals surface area contributed by atoms with Gasteiger partial charge in [-0.1, -0.05) is 18.2 Å². The molecule has 2 rings (SSSR count). The minimum Gasteiger partial charge on any atom is -0.393 e. The number of hydrogen-bond donors (Lipinski definition) is 3. The zero-order valence-corrected chi connectivity index (χ0v) is 8.83. The molecule has 0 saturated heterocycles. The third kappa shape index (κ3) is 2.50. The Balaban J connectivity index is 2.03. The molecule has 3 nitrogen and oxygen atoms in total. The van der Waals surface area contributed by atoms with Crippen molar-refractivity contribution < 1.29 is 5.11 Å². The van der Waals surface area contributed by atoms with Crippen molar-refractivity contribution in [3.05, 3.63) is 30.3 Å². The number of anilines is 1. The highest BCUT2D eigenvalue weighted by atomic mass is 16.3. The fourth-order valence-electron chi connectivity index (χ4n) is 1.58. The monoisotopic (exact) mass is 204 g/mol. The third-order valence-electron chi connectivity index (χ3n) is 2.41. The number of aromatic nitrogens is 1. The highest BCUT2D eigenvalue weighted by molar-refractivity contribution is 5.83. The maximum atomic E-state index is 9.12. The molecule has 0 radical (unpaired) electrons. The summed E-state index contributed by atoms with van der Waals surface area (Å²) >= 11 is 0. The summed E-state index contributed by atoms with van der Waals surface area (Å²) < 4.78 is 0. The first-order valence-electron chi connectivity index (χ1n) is 5.25. The number of aromatic amines is 1. The quantitative estimate of drug-likeness (QED) is 0.716. The Labute approximate surface area is 89.1 Å². The number of benzene rings is 1. The van der Waals surface area contributed by atoms with Crippen molar-refractivity contribution in [3.63, 3.8) is 0 Å². The summed E-state index contributed by atoms with van der Waals surface area (Å²) in [6.07, 6.45) is 0.511. The fourth-order valence-corrected chi connectivity index (χ4v) is 1.58. The van der Waals surface area contributed by atoms with Gasteiger partial charge in [0.25, 0.3) is 0 Å². The van der Waals surface area contributed by atoms with Crippen LogP contribution in [0, 0.1) is 0 Å². The highest BCUT2D eigenvalue weighted by Gasteiger charge is 1.99. The topological polar surface area (TPSA) is 48.0 Å². The summed E-state index contributed by atoms with van der Waals surface area (Å²) in [4.78, 5) is 3.28. The van der Waals surface area contributed by atoms with E-state index in [1.54, 1.807) is 6.92 Å². The van der Waals surface area contributed by atoms with Crippen LogP contribution in [0.1, 0.15) is 13.3 Å². The lowest BCUT2D eigenvalue weighted by Gasteiger charge is -2.05. The standard InChI is InChI=1S/C12H16N2O/c1-9(15)6-7-13-12-8-10-4-2-3-5-11(10)14-12/h2-5,8-9,13-15H,6-7H2,1H3. The second-order valence-corrected chi connectivity index (χ2v) is 3.83. The molecule has 80 valence electrons. The summed E-state index contributed by atoms with van der Waals surface area (Å²) in [5.74, 6) is 1.01. The van der Waals surface area contributed by atoms with Crippen LogP contribution in [0.2, 0.25) is 0 Å². The molecule has 1 atom stereocenters. The number of H-pyrrole nitrogens is 1. The van der Waals surface area contributed by atoms with Gasteiger partial charge in [-0.15, -0.1) is 0 Å². The molecule has 0 saturated carbocycles. The molecule has 0 aliphatic carbocycles. The first-order valence-corrected chi connectivity index (χ1v) is 5.25. The SMILES string of the molecule is CC(O)CCNc1cc2ccccc2[nH]1. The van der Waals surface area contributed by atoms with Crippen LogP contribution in [0.15, 0.2) is 30.3 Å². The Morgan fingerprint density at radius 3 is 2.93 bits per heavy atom. The summed E-state index contributed by atoms with van der Waals surface area (Å²) in [5.41, 5.74) is 1.14. The van der Waals surface area contributed by atoms with Crippen molar-refractivity contribution in [2.24, 2.45) is 0 Å². The lowest BCUT2D eigenvalue weighted by molar-refractivity contribution is 0.188. The molecular formula is C12H16N2O. The number of para-hydroxylation sites is 1. The Morgan fingerprint density at radius 2 is 2.20 bits per heavy atom. The molecule has 2 aromatic rings. The van der Waals surface area contributed by atoms with E-state index in [1.165, 1.54) is 5.39 Å². The molecule has 1 heterocycles. The van der Waals surface area contributed by atoms with Crippen molar-refractivity contribution in [1.82, 2.24) is 4.98 Å². The largest absolute Gasteiger partial charge is 0.393 e. The normalized spacial score (nSPS) is 12.9. The van der Waals surface area contributed by atoms with Crippen molar-refractivity contribution in [3.8, 4) is 0 Å². The van der Waals surface area contributed by atoms with Crippen molar-refractivity contribution in [2.45, 2.75) is 19.4 Å². The van der Waals surface area contributed by atoms with Gasteiger partial charge in [-0.05, 0) is 25.5 Å². The van der Waals surface area contributed by atoms with Crippen LogP contribution in [0.3, 0.4) is 0 Å². The van der Waals surface area contributed by atoms with Gasteiger partial charge in [0.05, 0.1) is 6.10 Å². The van der Waals surface area contributed by atoms with Crippen molar-refractivity contribution >= 4 is 16.7 Å². The molecule has 0 amide bonds. The van der Waals surface area contributed by atoms with E-state index in [9.17, 15) is 0 Å². The van der Waals surface area contributed by atoms with E-state index in [4.69, 9.17) is 5.11 Å². The van der Waals surface area contributed by atoms with Gasteiger partial charge in [0, 0.05) is 17.4 Å². The lowest BCUT2D eigenvalue weighted by atomic mass is 10.2. The summed E-state index contributed by atoms with van der Waals surface area (Å²) in [6, 6.07) is 10.2. The summed E-state index contributed by atoms with van der Waals surface area (Å²) in [6.45, 7) is 2.58. The van der Waals surface area contributed by atoms with E-state index in [0.717, 1.165) is 24.3 Å². The van der Waals surface area contributed by atoms with Gasteiger partial charge < -0.3 is 15.4 Å². The zero-order valence-electron chi connectivity index (χ0n) is 8.83. The molecule has 1 unspecified atom stereocenters. The van der Waals surface area contributed by atoms with E-state index >= 15 is 0 Å². The van der Waals surface area contributed by atoms with Crippen LogP contribution in [-0.4, -0.2) is 22.7 Å². The summed E-state index contributed by atoms with van der Waals surface area (Å²) in [7, 11) is 0. The van der Waals surface area contributed by atoms with Crippen LogP contribution < -0.4 is 5.32 Å². The van der Waals surface area contributed by atoms with Crippen LogP contribution >= 0.6 is 0 Å². The Hall–Kier alpha value is -1.48. The maximum absolute atomic E-state index is 9.12. The molecule has 0 aliphatic rings. The van der Waals surface area contributed by atoms with Gasteiger partial charge in [-0.25, -0.2) is 0 Å². The average Bonchev–Trinajstić information content (AvgIpc) is 2.59. The van der Waals surface area contributed by atoms with Gasteiger partial charge >= 0.3 is 0 Å². The van der Waals surface area contributed by atoms with E-state index in [0.29, 0.717) is 0 Å². The first-order chi connectivity index (χ1) is 7.25. The van der Waals surface area contributed by atoms with Gasteiger partial charge in [-0.3, -0.25) is 0 Å². The molecular weight excluding hydrogens is 188 g/mol. The first kappa shape index (κ1) is 10.1. The maximum Gasteiger partial charge on any atom is 0.104 e. The minimum absolute atomic E-state index is 0.248. The van der Waals surface area contributed by atoms with Crippen molar-refractivity contribution in [2.75, 3.05) is 11.9 Å². The van der Waals surface area contributed by atoms with E-state index < -0.39 is 0 Å². The second-order valence-electron chi connectivity index (χ2n) is 3.83. The Bertz CT molecular complexity index is 401. The van der Waals surface area contributed by atoms with Crippen LogP contribution in [0.4, 0.5) is 5.82 Å². The van der Waals surface area contributed by atoms with Gasteiger partial charge in [-0.2, -0.15) is 0 Å². The molecule has 1 aromatic heterocycles. The minimum atomic E-state index is -0.248. The molecule has 3 heteroatoms. The Morgan fingerprint density at radius 1 is 1.40 bits per heavy atom. The molecule has 0 fully saturated rings. The molecule has 0 bridgehead atoms. The van der Waals surface area contributed by atoms with Gasteiger partial charge in [0.1, 0.15) is 5.82 Å². The van der Waals surface area contributed by atoms with Gasteiger partial charge in [0.15, 0.2) is 0 Å². The number of aliphatic hydroxyl groups is 1. The van der Waals surface area contributed by atoms with E-state index in [-0.39, 0.29) is 6.10 Å². The third-order valence-corrected chi connectivity index (χ3v) is 2.41. The zero-order chi connectivity index (χ0) is 10.7. The number of aliphatic hydroxyl groups excluding tert-OH is 1. The number of nitrogens with one attached hydrogen (secondary N) is 2. The van der Waals surface area contributed by atoms with Crippen LogP contribution in [0.5, 0.6) is 0 Å². The fraction of sp³-hybridized carbons (Fsp3) is 0.333. The predicted molar refractivity (Wildman–Crippen MR) is 63.1 cm³/mol. The average molecular weight is 204 g/mol. The lowest BCUT2D eigenvalue weighted by Crippen LogP contribution is -2.09. The second kappa shape index (κ2) is 4.36. The number of fused-ring (bicyclic) bond motifs is 1. The Kier molecular flexibility index (Phi) is 2.92. The molecule has 0 aliphatic heterocycles. The molecule has 3 N–H and O–H groups in total. The van der Waals surface area contributed by atoms with Gasteiger partial charge in [0.2, 0.25) is 0 Å². The van der Waals surface area contributed by atoms with Crippen LogP contribution in [0.25, 0.3) is 10.9 Å². The number of rotatable bonds is 4. The highest BCUT2D eigenvalue weighted by Crippen LogP contribution is 2.17. The molecule has 0 spiro atoms. The van der Waals surface area contributed by atoms with E-state index in [1.807, 2.05) is 12.1 Å². The van der Waals surface area contributed by atoms with E-state index in [2.05, 4.69) is 28.5 Å². The molecule has 15 heavy (non-hydrogen) atoms. The van der Waals surface area contributed by atoms with Crippen molar-refractivity contribution in [1.29, 1.82) is 0 Å². The predicted octanol–water partition coefficient (Wildman–Crippen LogP) is 2.35. The molecule has 1 aromatic carbocycles.